The summed E-state index contributed by atoms with van der Waals surface area (Å²) in [5.41, 5.74) is 3.19. The van der Waals surface area contributed by atoms with Crippen molar-refractivity contribution in [1.82, 2.24) is 5.32 Å². The second-order valence-corrected chi connectivity index (χ2v) is 5.94. The molecule has 1 fully saturated rings. The first-order chi connectivity index (χ1) is 9.93. The maximum absolute atomic E-state index is 12.3. The minimum Gasteiger partial charge on any atom is -0.353 e. The van der Waals surface area contributed by atoms with Crippen molar-refractivity contribution >= 4 is 17.5 Å². The second-order valence-electron chi connectivity index (χ2n) is 5.94. The lowest BCUT2D eigenvalue weighted by atomic mass is 10.1. The van der Waals surface area contributed by atoms with Gasteiger partial charge in [0, 0.05) is 24.7 Å². The zero-order chi connectivity index (χ0) is 15.6. The monoisotopic (exact) mass is 288 g/mol. The standard InChI is InChI=1S/C17H24N2O2/c1-5-12(3)18-17(21)14-9-16(20)19(10-14)15-8-6-7-11(2)13(15)4/h6-8,12,14H,5,9-10H2,1-4H3,(H,18,21)/t12-,14-/m1/s1. The van der Waals surface area contributed by atoms with Gasteiger partial charge in [0.05, 0.1) is 5.92 Å². The molecule has 1 aliphatic heterocycles. The number of carbonyl (C=O) groups is 2. The van der Waals surface area contributed by atoms with Crippen LogP contribution in [0, 0.1) is 19.8 Å². The molecule has 1 aromatic rings. The molecule has 1 saturated heterocycles. The SMILES string of the molecule is CC[C@@H](C)NC(=O)[C@@H]1CC(=O)N(c2cccc(C)c2C)C1. The van der Waals surface area contributed by atoms with Crippen LogP contribution in [0.25, 0.3) is 0 Å². The summed E-state index contributed by atoms with van der Waals surface area (Å²) in [6.45, 7) is 8.55. The van der Waals surface area contributed by atoms with Crippen LogP contribution < -0.4 is 10.2 Å². The molecule has 2 atom stereocenters. The van der Waals surface area contributed by atoms with Crippen molar-refractivity contribution < 1.29 is 9.59 Å². The van der Waals surface area contributed by atoms with Gasteiger partial charge in [-0.1, -0.05) is 19.1 Å². The lowest BCUT2D eigenvalue weighted by Crippen LogP contribution is -2.38. The van der Waals surface area contributed by atoms with Crippen LogP contribution in [-0.4, -0.2) is 24.4 Å². The van der Waals surface area contributed by atoms with E-state index in [9.17, 15) is 9.59 Å². The quantitative estimate of drug-likeness (QED) is 0.925. The largest absolute Gasteiger partial charge is 0.353 e. The van der Waals surface area contributed by atoms with Gasteiger partial charge < -0.3 is 10.2 Å². The van der Waals surface area contributed by atoms with Crippen molar-refractivity contribution in [3.63, 3.8) is 0 Å². The van der Waals surface area contributed by atoms with Crippen molar-refractivity contribution in [2.75, 3.05) is 11.4 Å². The van der Waals surface area contributed by atoms with E-state index >= 15 is 0 Å². The Morgan fingerprint density at radius 1 is 1.43 bits per heavy atom. The predicted octanol–water partition coefficient (Wildman–Crippen LogP) is 2.57. The fraction of sp³-hybridized carbons (Fsp3) is 0.529. The lowest BCUT2D eigenvalue weighted by molar-refractivity contribution is -0.126. The molecule has 0 aliphatic carbocycles. The molecular formula is C17H24N2O2. The van der Waals surface area contributed by atoms with Crippen molar-refractivity contribution in [3.05, 3.63) is 29.3 Å². The minimum absolute atomic E-state index is 0.00879. The van der Waals surface area contributed by atoms with Crippen molar-refractivity contribution in [3.8, 4) is 0 Å². The van der Waals surface area contributed by atoms with E-state index in [-0.39, 0.29) is 23.8 Å². The topological polar surface area (TPSA) is 49.4 Å². The fourth-order valence-corrected chi connectivity index (χ4v) is 2.61. The maximum atomic E-state index is 12.3. The Bertz CT molecular complexity index is 554. The summed E-state index contributed by atoms with van der Waals surface area (Å²) in [5.74, 6) is -0.218. The fourth-order valence-electron chi connectivity index (χ4n) is 2.61. The molecule has 0 radical (unpaired) electrons. The minimum atomic E-state index is -0.244. The van der Waals surface area contributed by atoms with Crippen molar-refractivity contribution in [2.24, 2.45) is 5.92 Å². The van der Waals surface area contributed by atoms with Crippen LogP contribution in [-0.2, 0) is 9.59 Å². The van der Waals surface area contributed by atoms with Crippen LogP contribution in [0.4, 0.5) is 5.69 Å². The van der Waals surface area contributed by atoms with Crippen molar-refractivity contribution in [1.29, 1.82) is 0 Å². The number of benzene rings is 1. The summed E-state index contributed by atoms with van der Waals surface area (Å²) in [5, 5.41) is 2.97. The first-order valence-corrected chi connectivity index (χ1v) is 7.61. The molecule has 21 heavy (non-hydrogen) atoms. The van der Waals surface area contributed by atoms with Crippen molar-refractivity contribution in [2.45, 2.75) is 46.6 Å². The molecule has 2 amide bonds. The van der Waals surface area contributed by atoms with Crippen LogP contribution in [0.3, 0.4) is 0 Å². The summed E-state index contributed by atoms with van der Waals surface area (Å²) in [7, 11) is 0. The third-order valence-corrected chi connectivity index (χ3v) is 4.36. The molecule has 0 aromatic heterocycles. The van der Waals surface area contributed by atoms with Gasteiger partial charge in [-0.15, -0.1) is 0 Å². The third-order valence-electron chi connectivity index (χ3n) is 4.36. The van der Waals surface area contributed by atoms with Crippen LogP contribution in [0.2, 0.25) is 0 Å². The highest BCUT2D eigenvalue weighted by molar-refractivity contribution is 6.00. The first-order valence-electron chi connectivity index (χ1n) is 7.61. The third kappa shape index (κ3) is 3.26. The summed E-state index contributed by atoms with van der Waals surface area (Å²) in [6, 6.07) is 6.10. The van der Waals surface area contributed by atoms with E-state index in [0.717, 1.165) is 23.2 Å². The molecule has 0 unspecified atom stereocenters. The van der Waals surface area contributed by atoms with Gasteiger partial charge in [0.25, 0.3) is 0 Å². The molecule has 0 saturated carbocycles. The predicted molar refractivity (Wildman–Crippen MR) is 84.3 cm³/mol. The van der Waals surface area contributed by atoms with Crippen LogP contribution >= 0.6 is 0 Å². The zero-order valence-corrected chi connectivity index (χ0v) is 13.3. The second kappa shape index (κ2) is 6.29. The highest BCUT2D eigenvalue weighted by Crippen LogP contribution is 2.29. The van der Waals surface area contributed by atoms with E-state index < -0.39 is 0 Å². The Hall–Kier alpha value is -1.84. The number of anilines is 1. The van der Waals surface area contributed by atoms with Gasteiger partial charge in [0.2, 0.25) is 11.8 Å². The van der Waals surface area contributed by atoms with Crippen LogP contribution in [0.5, 0.6) is 0 Å². The van der Waals surface area contributed by atoms with E-state index in [2.05, 4.69) is 5.32 Å². The van der Waals surface area contributed by atoms with Gasteiger partial charge in [-0.05, 0) is 44.4 Å². The molecule has 1 heterocycles. The number of amides is 2. The number of nitrogens with zero attached hydrogens (tertiary/aromatic N) is 1. The highest BCUT2D eigenvalue weighted by Gasteiger charge is 2.35. The summed E-state index contributed by atoms with van der Waals surface area (Å²) < 4.78 is 0. The Morgan fingerprint density at radius 3 is 2.81 bits per heavy atom. The van der Waals surface area contributed by atoms with E-state index in [0.29, 0.717) is 13.0 Å². The van der Waals surface area contributed by atoms with E-state index in [4.69, 9.17) is 0 Å². The normalized spacial score (nSPS) is 19.7. The van der Waals surface area contributed by atoms with E-state index in [1.807, 2.05) is 45.9 Å². The molecule has 1 aromatic carbocycles. The molecule has 4 nitrogen and oxygen atoms in total. The maximum Gasteiger partial charge on any atom is 0.227 e. The number of hydrogen-bond donors (Lipinski definition) is 1. The van der Waals surface area contributed by atoms with Gasteiger partial charge in [0.15, 0.2) is 0 Å². The zero-order valence-electron chi connectivity index (χ0n) is 13.3. The van der Waals surface area contributed by atoms with Gasteiger partial charge in [0.1, 0.15) is 0 Å². The van der Waals surface area contributed by atoms with Gasteiger partial charge in [-0.3, -0.25) is 9.59 Å². The summed E-state index contributed by atoms with van der Waals surface area (Å²) in [4.78, 5) is 26.2. The average molecular weight is 288 g/mol. The summed E-state index contributed by atoms with van der Waals surface area (Å²) in [6.07, 6.45) is 1.20. The Kier molecular flexibility index (Phi) is 4.66. The number of aryl methyl sites for hydroxylation is 1. The Morgan fingerprint density at radius 2 is 2.14 bits per heavy atom. The molecule has 0 bridgehead atoms. The Balaban J connectivity index is 2.13. The molecular weight excluding hydrogens is 264 g/mol. The molecule has 114 valence electrons. The van der Waals surface area contributed by atoms with Gasteiger partial charge in [-0.25, -0.2) is 0 Å². The van der Waals surface area contributed by atoms with E-state index in [1.54, 1.807) is 4.90 Å². The number of nitrogens with one attached hydrogen (secondary N) is 1. The number of hydrogen-bond acceptors (Lipinski definition) is 2. The molecule has 4 heteroatoms. The van der Waals surface area contributed by atoms with Gasteiger partial charge >= 0.3 is 0 Å². The van der Waals surface area contributed by atoms with Crippen LogP contribution in [0.15, 0.2) is 18.2 Å². The highest BCUT2D eigenvalue weighted by atomic mass is 16.2. The number of carbonyl (C=O) groups excluding carboxylic acids is 2. The lowest BCUT2D eigenvalue weighted by Gasteiger charge is -2.20. The average Bonchev–Trinajstić information content (AvgIpc) is 2.83. The molecule has 0 spiro atoms. The smallest absolute Gasteiger partial charge is 0.227 e. The Labute approximate surface area is 126 Å². The first kappa shape index (κ1) is 15.5. The van der Waals surface area contributed by atoms with E-state index in [1.165, 1.54) is 0 Å². The molecule has 1 aliphatic rings. The number of rotatable bonds is 4. The molecule has 2 rings (SSSR count). The van der Waals surface area contributed by atoms with Crippen LogP contribution in [0.1, 0.15) is 37.8 Å². The molecule has 1 N–H and O–H groups in total. The summed E-state index contributed by atoms with van der Waals surface area (Å²) >= 11 is 0. The van der Waals surface area contributed by atoms with Gasteiger partial charge in [-0.2, -0.15) is 0 Å².